The molecule has 2 aromatic rings. The van der Waals surface area contributed by atoms with Gasteiger partial charge in [0.2, 0.25) is 0 Å². The predicted octanol–water partition coefficient (Wildman–Crippen LogP) is 6.71. The van der Waals surface area contributed by atoms with Crippen LogP contribution in [-0.4, -0.2) is 77.6 Å². The quantitative estimate of drug-likeness (QED) is 0.0740. The van der Waals surface area contributed by atoms with E-state index in [0.29, 0.717) is 57.2 Å². The van der Waals surface area contributed by atoms with E-state index in [4.69, 9.17) is 24.7 Å². The summed E-state index contributed by atoms with van der Waals surface area (Å²) >= 11 is 0. The van der Waals surface area contributed by atoms with Crippen LogP contribution < -0.4 is 5.73 Å². The summed E-state index contributed by atoms with van der Waals surface area (Å²) in [5, 5.41) is 0.758. The highest BCUT2D eigenvalue weighted by atomic mass is 16.6. The second kappa shape index (κ2) is 22.8. The Morgan fingerprint density at radius 2 is 1.34 bits per heavy atom. The maximum absolute atomic E-state index is 10.6. The van der Waals surface area contributed by atoms with Crippen molar-refractivity contribution in [1.82, 2.24) is 14.5 Å². The number of nitrogens with zero attached hydrogens (tertiary/aromatic N) is 3. The first-order valence-corrected chi connectivity index (χ1v) is 17.9. The Morgan fingerprint density at radius 1 is 0.787 bits per heavy atom. The Labute approximate surface area is 280 Å². The molecular weight excluding hydrogens is 600 g/mol. The van der Waals surface area contributed by atoms with Crippen molar-refractivity contribution < 1.29 is 33.3 Å². The number of aldehydes is 3. The van der Waals surface area contributed by atoms with Crippen LogP contribution in [0.25, 0.3) is 11.0 Å². The maximum atomic E-state index is 10.6. The topological polar surface area (TPSA) is 145 Å². The monoisotopic (exact) mass is 658 g/mol. The molecule has 1 aliphatic heterocycles. The average Bonchev–Trinajstić information content (AvgIpc) is 3.62. The molecule has 2 aromatic heterocycles. The summed E-state index contributed by atoms with van der Waals surface area (Å²) in [7, 11) is 0. The molecule has 47 heavy (non-hydrogen) atoms. The molecule has 1 saturated heterocycles. The van der Waals surface area contributed by atoms with E-state index in [-0.39, 0.29) is 12.2 Å². The number of hydrogen-bond donors (Lipinski definition) is 1. The van der Waals surface area contributed by atoms with Crippen molar-refractivity contribution in [1.29, 1.82) is 0 Å². The number of rotatable bonds is 29. The molecule has 0 radical (unpaired) electrons. The van der Waals surface area contributed by atoms with Gasteiger partial charge in [0.15, 0.2) is 6.23 Å². The first-order valence-electron chi connectivity index (χ1n) is 17.9. The molecule has 1 aliphatic rings. The van der Waals surface area contributed by atoms with Gasteiger partial charge in [0.1, 0.15) is 54.5 Å². The van der Waals surface area contributed by atoms with Crippen LogP contribution in [0.5, 0.6) is 0 Å². The maximum Gasteiger partial charge on any atom is 0.167 e. The normalized spacial score (nSPS) is 21.0. The van der Waals surface area contributed by atoms with Gasteiger partial charge in [-0.05, 0) is 51.5 Å². The molecule has 4 atom stereocenters. The van der Waals surface area contributed by atoms with Gasteiger partial charge in [0, 0.05) is 45.3 Å². The average molecular weight is 659 g/mol. The molecule has 0 aliphatic carbocycles. The Hall–Kier alpha value is -2.73. The Balaban J connectivity index is 1.70. The minimum absolute atomic E-state index is 0.356. The number of anilines is 1. The van der Waals surface area contributed by atoms with Gasteiger partial charge < -0.3 is 43.6 Å². The summed E-state index contributed by atoms with van der Waals surface area (Å²) in [5.41, 5.74) is 6.03. The first-order chi connectivity index (χ1) is 23.1. The second-order valence-electron chi connectivity index (χ2n) is 12.8. The molecule has 3 rings (SSSR count). The number of nitrogen functional groups attached to an aromatic ring is 1. The molecule has 0 bridgehead atoms. The lowest BCUT2D eigenvalue weighted by atomic mass is 9.95. The van der Waals surface area contributed by atoms with Gasteiger partial charge in [-0.15, -0.1) is 0 Å². The zero-order chi connectivity index (χ0) is 33.6. The highest BCUT2D eigenvalue weighted by Gasteiger charge is 2.56. The van der Waals surface area contributed by atoms with E-state index in [1.165, 1.54) is 6.33 Å². The molecular formula is C36H58N4O7. The molecule has 11 heteroatoms. The van der Waals surface area contributed by atoms with Crippen molar-refractivity contribution in [3.8, 4) is 0 Å². The highest BCUT2D eigenvalue weighted by Crippen LogP contribution is 2.44. The van der Waals surface area contributed by atoms with Gasteiger partial charge >= 0.3 is 0 Å². The van der Waals surface area contributed by atoms with Gasteiger partial charge in [-0.1, -0.05) is 57.8 Å². The largest absolute Gasteiger partial charge is 0.383 e. The number of hydrogen-bond acceptors (Lipinski definition) is 10. The Bertz CT molecular complexity index is 1160. The van der Waals surface area contributed by atoms with Crippen molar-refractivity contribution in [3.63, 3.8) is 0 Å². The van der Waals surface area contributed by atoms with Crippen LogP contribution in [0.15, 0.2) is 18.6 Å². The van der Waals surface area contributed by atoms with E-state index in [1.807, 2.05) is 16.8 Å². The molecule has 0 spiro atoms. The van der Waals surface area contributed by atoms with E-state index in [0.717, 1.165) is 121 Å². The molecule has 1 fully saturated rings. The number of ether oxygens (including phenoxy) is 4. The third-order valence-corrected chi connectivity index (χ3v) is 9.03. The van der Waals surface area contributed by atoms with Crippen molar-refractivity contribution >= 4 is 35.7 Å². The van der Waals surface area contributed by atoms with Crippen LogP contribution in [0.4, 0.5) is 5.82 Å². The van der Waals surface area contributed by atoms with Gasteiger partial charge in [0.25, 0.3) is 0 Å². The molecule has 0 amide bonds. The fraction of sp³-hybridized carbons (Fsp3) is 0.750. The number of unbranched alkanes of at least 4 members (excludes halogenated alkanes) is 15. The van der Waals surface area contributed by atoms with Gasteiger partial charge in [-0.3, -0.25) is 0 Å². The third-order valence-electron chi connectivity index (χ3n) is 9.03. The van der Waals surface area contributed by atoms with Crippen molar-refractivity contribution in [3.05, 3.63) is 18.6 Å². The van der Waals surface area contributed by atoms with E-state index in [2.05, 4.69) is 16.9 Å². The molecule has 11 nitrogen and oxygen atoms in total. The molecule has 264 valence electrons. The summed E-state index contributed by atoms with van der Waals surface area (Å²) in [6.07, 6.45) is 22.0. The first kappa shape index (κ1) is 38.7. The lowest BCUT2D eigenvalue weighted by Gasteiger charge is -2.36. The molecule has 0 saturated carbocycles. The molecule has 2 N–H and O–H groups in total. The third kappa shape index (κ3) is 12.7. The number of carbonyl (C=O) groups is 3. The lowest BCUT2D eigenvalue weighted by molar-refractivity contribution is -0.151. The number of aromatic nitrogens is 3. The van der Waals surface area contributed by atoms with Gasteiger partial charge in [-0.25, -0.2) is 9.97 Å². The lowest BCUT2D eigenvalue weighted by Crippen LogP contribution is -2.49. The van der Waals surface area contributed by atoms with Gasteiger partial charge in [0.05, 0.1) is 12.0 Å². The minimum Gasteiger partial charge on any atom is -0.383 e. The summed E-state index contributed by atoms with van der Waals surface area (Å²) in [6, 6.07) is 1.91. The summed E-state index contributed by atoms with van der Waals surface area (Å²) < 4.78 is 28.4. The fourth-order valence-corrected chi connectivity index (χ4v) is 6.34. The molecule has 3 heterocycles. The zero-order valence-corrected chi connectivity index (χ0v) is 28.5. The van der Waals surface area contributed by atoms with Crippen molar-refractivity contribution in [2.75, 3.05) is 32.2 Å². The highest BCUT2D eigenvalue weighted by molar-refractivity contribution is 5.86. The van der Waals surface area contributed by atoms with Crippen molar-refractivity contribution in [2.24, 2.45) is 0 Å². The van der Waals surface area contributed by atoms with Crippen LogP contribution in [0.2, 0.25) is 0 Å². The summed E-state index contributed by atoms with van der Waals surface area (Å²) in [6.45, 7) is 4.20. The zero-order valence-electron chi connectivity index (χ0n) is 28.5. The van der Waals surface area contributed by atoms with E-state index in [9.17, 15) is 14.4 Å². The van der Waals surface area contributed by atoms with Crippen LogP contribution in [0.1, 0.15) is 129 Å². The number of nitrogens with two attached hydrogens (primary N) is 1. The van der Waals surface area contributed by atoms with Crippen LogP contribution in [0, 0.1) is 0 Å². The Morgan fingerprint density at radius 3 is 1.96 bits per heavy atom. The smallest absolute Gasteiger partial charge is 0.167 e. The second-order valence-corrected chi connectivity index (χ2v) is 12.8. The van der Waals surface area contributed by atoms with Crippen molar-refractivity contribution in [2.45, 2.75) is 147 Å². The predicted molar refractivity (Wildman–Crippen MR) is 182 cm³/mol. The molecule has 0 unspecified atom stereocenters. The van der Waals surface area contributed by atoms with E-state index in [1.54, 1.807) is 0 Å². The fourth-order valence-electron chi connectivity index (χ4n) is 6.34. The number of carbonyl (C=O) groups excluding carboxylic acids is 3. The summed E-state index contributed by atoms with van der Waals surface area (Å²) in [4.78, 5) is 40.5. The SMILES string of the molecule is C[C@@]1(OCCCCCCCC=O)[C@H](OCCCCCCCC=O)[C@@H](COCCCCCCCC=O)O[C@H]1n1ccc2c(N)ncnc21. The molecule has 0 aromatic carbocycles. The minimum atomic E-state index is -0.834. The van der Waals surface area contributed by atoms with E-state index >= 15 is 0 Å². The Kier molecular flexibility index (Phi) is 18.8. The van der Waals surface area contributed by atoms with E-state index < -0.39 is 11.8 Å². The number of fused-ring (bicyclic) bond motifs is 1. The summed E-state index contributed by atoms with van der Waals surface area (Å²) in [5.74, 6) is 0.413. The van der Waals surface area contributed by atoms with Crippen LogP contribution in [-0.2, 0) is 33.3 Å². The van der Waals surface area contributed by atoms with Crippen LogP contribution >= 0.6 is 0 Å². The van der Waals surface area contributed by atoms with Crippen LogP contribution in [0.3, 0.4) is 0 Å². The van der Waals surface area contributed by atoms with Gasteiger partial charge in [-0.2, -0.15) is 0 Å². The standard InChI is InChI=1S/C36H58N4O7/c1-36(46-27-19-13-7-4-10-16-24-43)32(45-26-18-12-6-3-9-15-23-42)31(28-44-25-17-11-5-2-8-14-22-41)47-35(36)40-21-20-30-33(37)38-29-39-34(30)40/h20-24,29,31-32,35H,2-19,25-28H2,1H3,(H2,37,38,39)/t31-,32-,35-,36-/m1/s1.